The highest BCUT2D eigenvalue weighted by Gasteiger charge is 2.19. The predicted molar refractivity (Wildman–Crippen MR) is 83.4 cm³/mol. The van der Waals surface area contributed by atoms with Crippen molar-refractivity contribution in [1.29, 1.82) is 0 Å². The molecule has 0 saturated carbocycles. The van der Waals surface area contributed by atoms with E-state index in [9.17, 15) is 13.2 Å². The van der Waals surface area contributed by atoms with Gasteiger partial charge in [0.2, 0.25) is 5.09 Å². The van der Waals surface area contributed by atoms with Gasteiger partial charge in [0.1, 0.15) is 0 Å². The monoisotopic (exact) mass is 322 g/mol. The zero-order valence-electron chi connectivity index (χ0n) is 12.6. The van der Waals surface area contributed by atoms with Crippen LogP contribution in [0.1, 0.15) is 35.9 Å². The van der Waals surface area contributed by atoms with E-state index in [1.165, 1.54) is 24.7 Å². The standard InChI is InChI=1S/C15H18N2O4S/c1-10(2)11-4-6-12(7-5-11)17-15(18)13-8-9-14(21-13)22(19,20)16-3/h4-10,16H,1-3H3,(H,17,18). The first-order chi connectivity index (χ1) is 10.3. The van der Waals surface area contributed by atoms with Gasteiger partial charge in [-0.25, -0.2) is 13.1 Å². The Morgan fingerprint density at radius 3 is 2.27 bits per heavy atom. The molecule has 0 aliphatic rings. The van der Waals surface area contributed by atoms with Gasteiger partial charge in [-0.15, -0.1) is 0 Å². The molecule has 0 saturated heterocycles. The van der Waals surface area contributed by atoms with Crippen molar-refractivity contribution in [2.75, 3.05) is 12.4 Å². The van der Waals surface area contributed by atoms with E-state index in [1.54, 1.807) is 12.1 Å². The fourth-order valence-electron chi connectivity index (χ4n) is 1.83. The first kappa shape index (κ1) is 16.3. The lowest BCUT2D eigenvalue weighted by atomic mass is 10.0. The summed E-state index contributed by atoms with van der Waals surface area (Å²) in [6.07, 6.45) is 0. The molecule has 1 amide bonds. The van der Waals surface area contributed by atoms with Gasteiger partial charge in [-0.1, -0.05) is 26.0 Å². The molecule has 0 radical (unpaired) electrons. The summed E-state index contributed by atoms with van der Waals surface area (Å²) in [5, 5.41) is 2.36. The molecule has 1 aromatic carbocycles. The summed E-state index contributed by atoms with van der Waals surface area (Å²) >= 11 is 0. The second-order valence-electron chi connectivity index (χ2n) is 5.06. The van der Waals surface area contributed by atoms with Gasteiger partial charge in [-0.3, -0.25) is 4.79 Å². The number of furan rings is 1. The van der Waals surface area contributed by atoms with Gasteiger partial charge in [0, 0.05) is 5.69 Å². The van der Waals surface area contributed by atoms with Crippen LogP contribution in [0.15, 0.2) is 45.9 Å². The average molecular weight is 322 g/mol. The second-order valence-corrected chi connectivity index (χ2v) is 6.87. The van der Waals surface area contributed by atoms with Gasteiger partial charge >= 0.3 is 0 Å². The number of anilines is 1. The molecule has 2 aromatic rings. The first-order valence-corrected chi connectivity index (χ1v) is 8.26. The lowest BCUT2D eigenvalue weighted by Crippen LogP contribution is -2.18. The maximum absolute atomic E-state index is 12.0. The largest absolute Gasteiger partial charge is 0.438 e. The topological polar surface area (TPSA) is 88.4 Å². The van der Waals surface area contributed by atoms with E-state index in [2.05, 4.69) is 23.9 Å². The van der Waals surface area contributed by atoms with Crippen molar-refractivity contribution >= 4 is 21.6 Å². The van der Waals surface area contributed by atoms with Crippen molar-refractivity contribution in [3.8, 4) is 0 Å². The third-order valence-corrected chi connectivity index (χ3v) is 4.46. The quantitative estimate of drug-likeness (QED) is 0.885. The average Bonchev–Trinajstić information content (AvgIpc) is 2.98. The lowest BCUT2D eigenvalue weighted by molar-refractivity contribution is 0.0991. The minimum absolute atomic E-state index is 0.0678. The van der Waals surface area contributed by atoms with E-state index in [4.69, 9.17) is 4.42 Å². The number of rotatable bonds is 5. The van der Waals surface area contributed by atoms with Crippen molar-refractivity contribution in [3.05, 3.63) is 47.7 Å². The van der Waals surface area contributed by atoms with Crippen molar-refractivity contribution < 1.29 is 17.6 Å². The van der Waals surface area contributed by atoms with Crippen molar-refractivity contribution in [1.82, 2.24) is 4.72 Å². The highest BCUT2D eigenvalue weighted by Crippen LogP contribution is 2.19. The minimum atomic E-state index is -3.70. The highest BCUT2D eigenvalue weighted by atomic mass is 32.2. The van der Waals surface area contributed by atoms with Crippen molar-refractivity contribution in [3.63, 3.8) is 0 Å². The predicted octanol–water partition coefficient (Wildman–Crippen LogP) is 2.56. The fraction of sp³-hybridized carbons (Fsp3) is 0.267. The summed E-state index contributed by atoms with van der Waals surface area (Å²) in [4.78, 5) is 12.0. The Bertz CT molecular complexity index is 761. The van der Waals surface area contributed by atoms with E-state index in [-0.39, 0.29) is 10.9 Å². The zero-order valence-corrected chi connectivity index (χ0v) is 13.4. The maximum atomic E-state index is 12.0. The van der Waals surface area contributed by atoms with E-state index in [0.29, 0.717) is 11.6 Å². The van der Waals surface area contributed by atoms with Crippen LogP contribution in [0.25, 0.3) is 0 Å². The third-order valence-electron chi connectivity index (χ3n) is 3.17. The molecule has 6 nitrogen and oxygen atoms in total. The molecule has 0 aliphatic heterocycles. The fourth-order valence-corrected chi connectivity index (χ4v) is 2.48. The summed E-state index contributed by atoms with van der Waals surface area (Å²) in [5.74, 6) is -0.166. The van der Waals surface area contributed by atoms with Crippen LogP contribution in [0, 0.1) is 0 Å². The molecule has 0 bridgehead atoms. The van der Waals surface area contributed by atoms with Gasteiger partial charge in [0.15, 0.2) is 5.76 Å². The van der Waals surface area contributed by atoms with E-state index >= 15 is 0 Å². The van der Waals surface area contributed by atoms with Gasteiger partial charge in [0.05, 0.1) is 0 Å². The maximum Gasteiger partial charge on any atom is 0.291 e. The van der Waals surface area contributed by atoms with Crippen LogP contribution < -0.4 is 10.0 Å². The zero-order chi connectivity index (χ0) is 16.3. The summed E-state index contributed by atoms with van der Waals surface area (Å²) in [7, 11) is -2.42. The second kappa shape index (κ2) is 6.33. The smallest absolute Gasteiger partial charge is 0.291 e. The Balaban J connectivity index is 2.13. The van der Waals surface area contributed by atoms with Crippen molar-refractivity contribution in [2.45, 2.75) is 24.9 Å². The molecule has 0 aliphatic carbocycles. The van der Waals surface area contributed by atoms with Gasteiger partial charge in [-0.2, -0.15) is 0 Å². The molecular weight excluding hydrogens is 304 g/mol. The highest BCUT2D eigenvalue weighted by molar-refractivity contribution is 7.89. The molecule has 7 heteroatoms. The Labute approximate surface area is 129 Å². The number of hydrogen-bond donors (Lipinski definition) is 2. The van der Waals surface area contributed by atoms with E-state index in [0.717, 1.165) is 0 Å². The van der Waals surface area contributed by atoms with Gasteiger partial charge in [0.25, 0.3) is 15.9 Å². The van der Waals surface area contributed by atoms with Crippen LogP contribution in [0.5, 0.6) is 0 Å². The summed E-state index contributed by atoms with van der Waals surface area (Å²) < 4.78 is 30.3. The van der Waals surface area contributed by atoms with Gasteiger partial charge in [-0.05, 0) is 42.8 Å². The molecular formula is C15H18N2O4S. The first-order valence-electron chi connectivity index (χ1n) is 6.78. The minimum Gasteiger partial charge on any atom is -0.438 e. The number of carbonyl (C=O) groups is 1. The van der Waals surface area contributed by atoms with Crippen LogP contribution in [0.4, 0.5) is 5.69 Å². The van der Waals surface area contributed by atoms with Crippen LogP contribution in [-0.4, -0.2) is 21.4 Å². The number of benzene rings is 1. The van der Waals surface area contributed by atoms with Gasteiger partial charge < -0.3 is 9.73 Å². The SMILES string of the molecule is CNS(=O)(=O)c1ccc(C(=O)Nc2ccc(C(C)C)cc2)o1. The van der Waals surface area contributed by atoms with E-state index < -0.39 is 15.9 Å². The summed E-state index contributed by atoms with van der Waals surface area (Å²) in [6.45, 7) is 4.17. The number of nitrogens with one attached hydrogen (secondary N) is 2. The number of amides is 1. The molecule has 22 heavy (non-hydrogen) atoms. The van der Waals surface area contributed by atoms with E-state index in [1.807, 2.05) is 12.1 Å². The normalized spacial score (nSPS) is 11.6. The molecule has 0 spiro atoms. The Kier molecular flexibility index (Phi) is 4.68. The molecule has 0 atom stereocenters. The lowest BCUT2D eigenvalue weighted by Gasteiger charge is -2.07. The summed E-state index contributed by atoms with van der Waals surface area (Å²) in [6, 6.07) is 10.0. The Hall–Kier alpha value is -2.12. The molecule has 2 N–H and O–H groups in total. The molecule has 0 fully saturated rings. The number of carbonyl (C=O) groups excluding carboxylic acids is 1. The van der Waals surface area contributed by atoms with Crippen molar-refractivity contribution in [2.24, 2.45) is 0 Å². The number of hydrogen-bond acceptors (Lipinski definition) is 4. The summed E-state index contributed by atoms with van der Waals surface area (Å²) in [5.41, 5.74) is 1.78. The van der Waals surface area contributed by atoms with Crippen LogP contribution in [-0.2, 0) is 10.0 Å². The molecule has 0 unspecified atom stereocenters. The Morgan fingerprint density at radius 1 is 1.09 bits per heavy atom. The molecule has 2 rings (SSSR count). The number of sulfonamides is 1. The van der Waals surface area contributed by atoms with Crippen LogP contribution in [0.2, 0.25) is 0 Å². The molecule has 1 aromatic heterocycles. The molecule has 118 valence electrons. The van der Waals surface area contributed by atoms with Crippen LogP contribution in [0.3, 0.4) is 0 Å². The van der Waals surface area contributed by atoms with Crippen LogP contribution >= 0.6 is 0 Å². The molecule has 1 heterocycles. The Morgan fingerprint density at radius 2 is 1.73 bits per heavy atom. The third kappa shape index (κ3) is 3.55.